The minimum absolute atomic E-state index is 0.152. The van der Waals surface area contributed by atoms with Gasteiger partial charge in [-0.3, -0.25) is 4.68 Å². The summed E-state index contributed by atoms with van der Waals surface area (Å²) >= 11 is 5.40. The number of hydrogen-bond acceptors (Lipinski definition) is 3. The van der Waals surface area contributed by atoms with E-state index in [0.717, 1.165) is 10.2 Å². The summed E-state index contributed by atoms with van der Waals surface area (Å²) in [6.45, 7) is 0. The SMILES string of the molecule is CNC(c1cc2ccccc2s1)c1c(Br)cnn1C. The summed E-state index contributed by atoms with van der Waals surface area (Å²) in [7, 11) is 3.95. The number of nitrogens with zero attached hydrogens (tertiary/aromatic N) is 2. The second-order valence-electron chi connectivity index (χ2n) is 4.41. The molecule has 3 rings (SSSR count). The number of hydrogen-bond donors (Lipinski definition) is 1. The lowest BCUT2D eigenvalue weighted by molar-refractivity contribution is 0.611. The van der Waals surface area contributed by atoms with Crippen molar-refractivity contribution >= 4 is 37.4 Å². The van der Waals surface area contributed by atoms with Crippen LogP contribution in [-0.4, -0.2) is 16.8 Å². The van der Waals surface area contributed by atoms with Gasteiger partial charge >= 0.3 is 0 Å². The van der Waals surface area contributed by atoms with Crippen LogP contribution in [-0.2, 0) is 7.05 Å². The molecule has 0 aliphatic rings. The third-order valence-corrected chi connectivity index (χ3v) is 5.02. The number of nitrogens with one attached hydrogen (secondary N) is 1. The number of halogens is 1. The summed E-state index contributed by atoms with van der Waals surface area (Å²) in [6.07, 6.45) is 1.84. The molecule has 1 N–H and O–H groups in total. The molecule has 0 spiro atoms. The van der Waals surface area contributed by atoms with Gasteiger partial charge in [0.25, 0.3) is 0 Å². The Bertz CT molecular complexity index is 664. The fraction of sp³-hybridized carbons (Fsp3) is 0.214. The number of aromatic nitrogens is 2. The van der Waals surface area contributed by atoms with Crippen molar-refractivity contribution in [3.05, 3.63) is 51.6 Å². The van der Waals surface area contributed by atoms with Crippen molar-refractivity contribution in [2.24, 2.45) is 7.05 Å². The minimum Gasteiger partial charge on any atom is -0.307 e. The Balaban J connectivity index is 2.12. The lowest BCUT2D eigenvalue weighted by Crippen LogP contribution is -2.20. The summed E-state index contributed by atoms with van der Waals surface area (Å²) in [5.41, 5.74) is 1.15. The number of fused-ring (bicyclic) bond motifs is 1. The highest BCUT2D eigenvalue weighted by molar-refractivity contribution is 9.10. The summed E-state index contributed by atoms with van der Waals surface area (Å²) in [4.78, 5) is 1.30. The maximum absolute atomic E-state index is 4.30. The van der Waals surface area contributed by atoms with E-state index >= 15 is 0 Å². The zero-order chi connectivity index (χ0) is 13.4. The van der Waals surface area contributed by atoms with Gasteiger partial charge in [-0.15, -0.1) is 11.3 Å². The Labute approximate surface area is 124 Å². The zero-order valence-corrected chi connectivity index (χ0v) is 13.1. The summed E-state index contributed by atoms with van der Waals surface area (Å²) in [5.74, 6) is 0. The lowest BCUT2D eigenvalue weighted by Gasteiger charge is -2.15. The molecule has 2 aromatic heterocycles. The second kappa shape index (κ2) is 5.07. The van der Waals surface area contributed by atoms with Crippen LogP contribution in [0.3, 0.4) is 0 Å². The van der Waals surface area contributed by atoms with Gasteiger partial charge in [0.15, 0.2) is 0 Å². The van der Waals surface area contributed by atoms with E-state index in [-0.39, 0.29) is 6.04 Å². The van der Waals surface area contributed by atoms with E-state index in [4.69, 9.17) is 0 Å². The molecule has 98 valence electrons. The van der Waals surface area contributed by atoms with Crippen molar-refractivity contribution in [3.63, 3.8) is 0 Å². The summed E-state index contributed by atoms with van der Waals surface area (Å²) in [6, 6.07) is 10.9. The Morgan fingerprint density at radius 3 is 2.79 bits per heavy atom. The van der Waals surface area contributed by atoms with E-state index in [1.54, 1.807) is 0 Å². The van der Waals surface area contributed by atoms with Gasteiger partial charge in [-0.2, -0.15) is 5.10 Å². The molecular weight excluding hydrogens is 322 g/mol. The zero-order valence-electron chi connectivity index (χ0n) is 10.7. The molecule has 0 radical (unpaired) electrons. The molecule has 1 unspecified atom stereocenters. The fourth-order valence-electron chi connectivity index (χ4n) is 2.30. The van der Waals surface area contributed by atoms with E-state index in [1.165, 1.54) is 15.0 Å². The first kappa shape index (κ1) is 12.8. The highest BCUT2D eigenvalue weighted by Gasteiger charge is 2.21. The van der Waals surface area contributed by atoms with Crippen LogP contribution >= 0.6 is 27.3 Å². The Hall–Kier alpha value is -1.17. The molecule has 1 aromatic carbocycles. The van der Waals surface area contributed by atoms with Crippen LogP contribution in [0.2, 0.25) is 0 Å². The van der Waals surface area contributed by atoms with Crippen LogP contribution in [0.1, 0.15) is 16.6 Å². The Morgan fingerprint density at radius 1 is 1.37 bits per heavy atom. The number of benzene rings is 1. The maximum atomic E-state index is 4.30. The van der Waals surface area contributed by atoms with E-state index in [9.17, 15) is 0 Å². The first-order chi connectivity index (χ1) is 9.20. The van der Waals surface area contributed by atoms with Crippen LogP contribution < -0.4 is 5.32 Å². The van der Waals surface area contributed by atoms with Crippen LogP contribution in [0.25, 0.3) is 10.1 Å². The highest BCUT2D eigenvalue weighted by Crippen LogP contribution is 2.35. The van der Waals surface area contributed by atoms with Crippen molar-refractivity contribution in [1.82, 2.24) is 15.1 Å². The van der Waals surface area contributed by atoms with Crippen LogP contribution in [0.5, 0.6) is 0 Å². The van der Waals surface area contributed by atoms with Crippen LogP contribution in [0, 0.1) is 0 Å². The molecule has 0 aliphatic heterocycles. The van der Waals surface area contributed by atoms with Crippen LogP contribution in [0.4, 0.5) is 0 Å². The van der Waals surface area contributed by atoms with Crippen LogP contribution in [0.15, 0.2) is 41.0 Å². The van der Waals surface area contributed by atoms with E-state index in [2.05, 4.69) is 56.7 Å². The number of aryl methyl sites for hydroxylation is 1. The first-order valence-electron chi connectivity index (χ1n) is 6.04. The third kappa shape index (κ3) is 2.22. The van der Waals surface area contributed by atoms with Gasteiger partial charge < -0.3 is 5.32 Å². The molecule has 0 aliphatic carbocycles. The standard InChI is InChI=1S/C14H14BrN3S/c1-16-13(14-10(15)8-17-18(14)2)12-7-9-5-3-4-6-11(9)19-12/h3-8,13,16H,1-2H3. The molecule has 2 heterocycles. The van der Waals surface area contributed by atoms with Gasteiger partial charge in [-0.1, -0.05) is 18.2 Å². The Kier molecular flexibility index (Phi) is 3.43. The van der Waals surface area contributed by atoms with E-state index in [0.29, 0.717) is 0 Å². The van der Waals surface area contributed by atoms with Crippen molar-refractivity contribution in [3.8, 4) is 0 Å². The largest absolute Gasteiger partial charge is 0.307 e. The second-order valence-corrected chi connectivity index (χ2v) is 6.38. The molecule has 5 heteroatoms. The Morgan fingerprint density at radius 2 is 2.16 bits per heavy atom. The molecule has 1 atom stereocenters. The quantitative estimate of drug-likeness (QED) is 0.790. The molecule has 19 heavy (non-hydrogen) atoms. The highest BCUT2D eigenvalue weighted by atomic mass is 79.9. The van der Waals surface area contributed by atoms with Crippen molar-refractivity contribution in [2.75, 3.05) is 7.05 Å². The van der Waals surface area contributed by atoms with Gasteiger partial charge in [-0.05, 0) is 40.5 Å². The summed E-state index contributed by atoms with van der Waals surface area (Å²) in [5, 5.41) is 8.97. The molecule has 0 fully saturated rings. The lowest BCUT2D eigenvalue weighted by atomic mass is 10.1. The van der Waals surface area contributed by atoms with Gasteiger partial charge in [-0.25, -0.2) is 0 Å². The minimum atomic E-state index is 0.152. The van der Waals surface area contributed by atoms with Gasteiger partial charge in [0.2, 0.25) is 0 Å². The predicted molar refractivity (Wildman–Crippen MR) is 83.6 cm³/mol. The molecular formula is C14H14BrN3S. The molecule has 0 amide bonds. The normalized spacial score (nSPS) is 13.0. The predicted octanol–water partition coefficient (Wildman–Crippen LogP) is 3.71. The maximum Gasteiger partial charge on any atom is 0.0851 e. The fourth-order valence-corrected chi connectivity index (χ4v) is 4.06. The average Bonchev–Trinajstić information content (AvgIpc) is 2.97. The average molecular weight is 336 g/mol. The summed E-state index contributed by atoms with van der Waals surface area (Å²) < 4.78 is 4.26. The third-order valence-electron chi connectivity index (χ3n) is 3.23. The number of thiophene rings is 1. The molecule has 3 nitrogen and oxygen atoms in total. The van der Waals surface area contributed by atoms with Crippen molar-refractivity contribution in [1.29, 1.82) is 0 Å². The smallest absolute Gasteiger partial charge is 0.0851 e. The monoisotopic (exact) mass is 335 g/mol. The van der Waals surface area contributed by atoms with Crippen molar-refractivity contribution in [2.45, 2.75) is 6.04 Å². The topological polar surface area (TPSA) is 29.9 Å². The first-order valence-corrected chi connectivity index (χ1v) is 7.65. The van der Waals surface area contributed by atoms with Gasteiger partial charge in [0.05, 0.1) is 22.4 Å². The number of rotatable bonds is 3. The molecule has 0 bridgehead atoms. The molecule has 0 saturated heterocycles. The van der Waals surface area contributed by atoms with E-state index < -0.39 is 0 Å². The van der Waals surface area contributed by atoms with Gasteiger partial charge in [0, 0.05) is 16.6 Å². The van der Waals surface area contributed by atoms with E-state index in [1.807, 2.05) is 36.3 Å². The van der Waals surface area contributed by atoms with Gasteiger partial charge in [0.1, 0.15) is 0 Å². The molecule has 0 saturated carbocycles. The van der Waals surface area contributed by atoms with Crippen molar-refractivity contribution < 1.29 is 0 Å². The molecule has 3 aromatic rings.